The maximum atomic E-state index is 9.73. The van der Waals surface area contributed by atoms with Crippen molar-refractivity contribution in [3.05, 3.63) is 29.8 Å². The van der Waals surface area contributed by atoms with Crippen LogP contribution in [0.4, 0.5) is 0 Å². The van der Waals surface area contributed by atoms with E-state index in [1.807, 2.05) is 36.2 Å². The van der Waals surface area contributed by atoms with Crippen molar-refractivity contribution in [3.8, 4) is 5.75 Å². The maximum Gasteiger partial charge on any atom is 0.119 e. The van der Waals surface area contributed by atoms with Crippen molar-refractivity contribution in [2.75, 3.05) is 26.7 Å². The van der Waals surface area contributed by atoms with Gasteiger partial charge in [-0.2, -0.15) is 0 Å². The molecule has 96 valence electrons. The molecule has 4 heteroatoms. The second-order valence-corrected chi connectivity index (χ2v) is 4.17. The van der Waals surface area contributed by atoms with E-state index in [9.17, 15) is 5.11 Å². The Hall–Kier alpha value is -1.10. The smallest absolute Gasteiger partial charge is 0.119 e. The van der Waals surface area contributed by atoms with Crippen molar-refractivity contribution < 1.29 is 9.84 Å². The van der Waals surface area contributed by atoms with Crippen LogP contribution < -0.4 is 10.5 Å². The summed E-state index contributed by atoms with van der Waals surface area (Å²) in [5.74, 6) is 0.764. The average molecular weight is 238 g/mol. The molecule has 1 aromatic carbocycles. The average Bonchev–Trinajstić information content (AvgIpc) is 2.36. The molecule has 0 saturated carbocycles. The fourth-order valence-corrected chi connectivity index (χ4v) is 1.46. The molecule has 0 aliphatic carbocycles. The van der Waals surface area contributed by atoms with Gasteiger partial charge in [0.05, 0.1) is 0 Å². The van der Waals surface area contributed by atoms with Gasteiger partial charge in [-0.25, -0.2) is 0 Å². The first kappa shape index (κ1) is 14.0. The fraction of sp³-hybridized carbons (Fsp3) is 0.538. The predicted octanol–water partition coefficient (Wildman–Crippen LogP) is 0.837. The molecule has 1 unspecified atom stereocenters. The number of rotatable bonds is 7. The summed E-state index contributed by atoms with van der Waals surface area (Å²) in [7, 11) is 1.97. The van der Waals surface area contributed by atoms with E-state index in [-0.39, 0.29) is 0 Å². The van der Waals surface area contributed by atoms with Gasteiger partial charge in [0, 0.05) is 13.1 Å². The highest BCUT2D eigenvalue weighted by molar-refractivity contribution is 5.27. The molecular formula is C13H22N2O2. The fourth-order valence-electron chi connectivity index (χ4n) is 1.46. The topological polar surface area (TPSA) is 58.7 Å². The molecule has 0 bridgehead atoms. The Morgan fingerprint density at radius 3 is 2.53 bits per heavy atom. The number of aliphatic hydroxyl groups is 1. The molecule has 1 aromatic rings. The molecule has 0 aliphatic heterocycles. The van der Waals surface area contributed by atoms with E-state index in [0.29, 0.717) is 19.7 Å². The minimum Gasteiger partial charge on any atom is -0.491 e. The quantitative estimate of drug-likeness (QED) is 0.739. The van der Waals surface area contributed by atoms with Crippen LogP contribution in [0.2, 0.25) is 0 Å². The van der Waals surface area contributed by atoms with Crippen LogP contribution in [0.25, 0.3) is 0 Å². The van der Waals surface area contributed by atoms with Crippen LogP contribution in [0.15, 0.2) is 24.3 Å². The molecule has 0 amide bonds. The van der Waals surface area contributed by atoms with Gasteiger partial charge >= 0.3 is 0 Å². The lowest BCUT2D eigenvalue weighted by Crippen LogP contribution is -2.32. The van der Waals surface area contributed by atoms with Gasteiger partial charge in [-0.3, -0.25) is 0 Å². The molecule has 0 spiro atoms. The number of hydrogen-bond donors (Lipinski definition) is 2. The van der Waals surface area contributed by atoms with Crippen LogP contribution in [0.3, 0.4) is 0 Å². The highest BCUT2D eigenvalue weighted by atomic mass is 16.5. The minimum atomic E-state index is -0.464. The van der Waals surface area contributed by atoms with Crippen molar-refractivity contribution in [3.63, 3.8) is 0 Å². The zero-order valence-electron chi connectivity index (χ0n) is 10.6. The van der Waals surface area contributed by atoms with Crippen molar-refractivity contribution >= 4 is 0 Å². The summed E-state index contributed by atoms with van der Waals surface area (Å²) in [5.41, 5.74) is 6.58. The number of aliphatic hydroxyl groups excluding tert-OH is 1. The zero-order valence-corrected chi connectivity index (χ0v) is 10.6. The summed E-state index contributed by atoms with van der Waals surface area (Å²) in [5, 5.41) is 9.73. The number of nitrogens with two attached hydrogens (primary N) is 1. The number of hydrogen-bond acceptors (Lipinski definition) is 4. The van der Waals surface area contributed by atoms with Crippen LogP contribution in [0.5, 0.6) is 5.75 Å². The van der Waals surface area contributed by atoms with Gasteiger partial charge in [0.25, 0.3) is 0 Å². The maximum absolute atomic E-state index is 9.73. The molecule has 0 aliphatic rings. The SMILES string of the molecule is CCN(C)CC(O)COc1ccc(CN)cc1. The Kier molecular flexibility index (Phi) is 5.97. The van der Waals surface area contributed by atoms with Crippen molar-refractivity contribution in [1.82, 2.24) is 4.90 Å². The molecule has 3 N–H and O–H groups in total. The summed E-state index contributed by atoms with van der Waals surface area (Å²) in [6, 6.07) is 7.61. The van der Waals surface area contributed by atoms with Gasteiger partial charge in [0.15, 0.2) is 0 Å². The van der Waals surface area contributed by atoms with E-state index in [2.05, 4.69) is 6.92 Å². The van der Waals surface area contributed by atoms with Crippen molar-refractivity contribution in [2.45, 2.75) is 19.6 Å². The molecule has 0 radical (unpaired) electrons. The summed E-state index contributed by atoms with van der Waals surface area (Å²) >= 11 is 0. The first-order valence-corrected chi connectivity index (χ1v) is 5.94. The van der Waals surface area contributed by atoms with Crippen LogP contribution >= 0.6 is 0 Å². The molecule has 0 saturated heterocycles. The molecule has 0 aromatic heterocycles. The van der Waals surface area contributed by atoms with E-state index >= 15 is 0 Å². The lowest BCUT2D eigenvalue weighted by atomic mass is 10.2. The summed E-state index contributed by atoms with van der Waals surface area (Å²) in [4.78, 5) is 2.05. The van der Waals surface area contributed by atoms with E-state index < -0.39 is 6.10 Å². The lowest BCUT2D eigenvalue weighted by Gasteiger charge is -2.19. The van der Waals surface area contributed by atoms with Crippen molar-refractivity contribution in [2.24, 2.45) is 5.73 Å². The third kappa shape index (κ3) is 5.17. The standard InChI is InChI=1S/C13H22N2O2/c1-3-15(2)9-12(16)10-17-13-6-4-11(8-14)5-7-13/h4-7,12,16H,3,8-10,14H2,1-2H3. The van der Waals surface area contributed by atoms with Gasteiger partial charge in [0.2, 0.25) is 0 Å². The molecule has 1 rings (SSSR count). The van der Waals surface area contributed by atoms with Crippen LogP contribution in [-0.4, -0.2) is 42.9 Å². The predicted molar refractivity (Wildman–Crippen MR) is 69.0 cm³/mol. The lowest BCUT2D eigenvalue weighted by molar-refractivity contribution is 0.0778. The highest BCUT2D eigenvalue weighted by Gasteiger charge is 2.07. The minimum absolute atomic E-state index is 0.312. The molecular weight excluding hydrogens is 216 g/mol. The summed E-state index contributed by atoms with van der Waals surface area (Å²) < 4.78 is 5.50. The first-order chi connectivity index (χ1) is 8.15. The zero-order chi connectivity index (χ0) is 12.7. The summed E-state index contributed by atoms with van der Waals surface area (Å²) in [6.07, 6.45) is -0.464. The second kappa shape index (κ2) is 7.27. The third-order valence-corrected chi connectivity index (χ3v) is 2.66. The van der Waals surface area contributed by atoms with E-state index in [4.69, 9.17) is 10.5 Å². The van der Waals surface area contributed by atoms with Gasteiger partial charge < -0.3 is 20.5 Å². The third-order valence-electron chi connectivity index (χ3n) is 2.66. The highest BCUT2D eigenvalue weighted by Crippen LogP contribution is 2.12. The van der Waals surface area contributed by atoms with Gasteiger partial charge in [0.1, 0.15) is 18.5 Å². The monoisotopic (exact) mass is 238 g/mol. The van der Waals surface area contributed by atoms with Crippen LogP contribution in [0.1, 0.15) is 12.5 Å². The Morgan fingerprint density at radius 2 is 2.00 bits per heavy atom. The molecule has 4 nitrogen and oxygen atoms in total. The van der Waals surface area contributed by atoms with Crippen molar-refractivity contribution in [1.29, 1.82) is 0 Å². The van der Waals surface area contributed by atoms with E-state index in [1.165, 1.54) is 0 Å². The largest absolute Gasteiger partial charge is 0.491 e. The Morgan fingerprint density at radius 1 is 1.35 bits per heavy atom. The Bertz CT molecular complexity index is 314. The number of benzene rings is 1. The van der Waals surface area contributed by atoms with E-state index in [0.717, 1.165) is 17.9 Å². The first-order valence-electron chi connectivity index (χ1n) is 5.94. The van der Waals surface area contributed by atoms with Crippen LogP contribution in [-0.2, 0) is 6.54 Å². The molecule has 0 fully saturated rings. The van der Waals surface area contributed by atoms with Crippen LogP contribution in [0, 0.1) is 0 Å². The second-order valence-electron chi connectivity index (χ2n) is 4.17. The molecule has 17 heavy (non-hydrogen) atoms. The Balaban J connectivity index is 2.34. The number of ether oxygens (including phenoxy) is 1. The number of nitrogens with zero attached hydrogens (tertiary/aromatic N) is 1. The summed E-state index contributed by atoms with van der Waals surface area (Å²) in [6.45, 7) is 4.44. The molecule has 1 atom stereocenters. The van der Waals surface area contributed by atoms with Gasteiger partial charge in [-0.15, -0.1) is 0 Å². The van der Waals surface area contributed by atoms with E-state index in [1.54, 1.807) is 0 Å². The molecule has 0 heterocycles. The van der Waals surface area contributed by atoms with Gasteiger partial charge in [-0.05, 0) is 31.3 Å². The normalized spacial score (nSPS) is 12.8. The Labute approximate surface area is 103 Å². The number of likely N-dealkylation sites (N-methyl/N-ethyl adjacent to an activating group) is 1. The van der Waals surface area contributed by atoms with Gasteiger partial charge in [-0.1, -0.05) is 19.1 Å².